The van der Waals surface area contributed by atoms with E-state index in [-0.39, 0.29) is 17.1 Å². The molecule has 1 aliphatic heterocycles. The van der Waals surface area contributed by atoms with Crippen LogP contribution in [0.1, 0.15) is 50.5 Å². The molecular weight excluding hydrogens is 394 g/mol. The third-order valence-electron chi connectivity index (χ3n) is 8.04. The first-order valence-electron chi connectivity index (χ1n) is 11.4. The Morgan fingerprint density at radius 3 is 2.27 bits per heavy atom. The van der Waals surface area contributed by atoms with Crippen LogP contribution in [0, 0.1) is 0 Å². The summed E-state index contributed by atoms with van der Waals surface area (Å²) in [5.74, 6) is 0.964. The fraction of sp³-hybridized carbons (Fsp3) is 0.708. The fourth-order valence-electron chi connectivity index (χ4n) is 5.83. The van der Waals surface area contributed by atoms with Gasteiger partial charge in [0.05, 0.1) is 17.7 Å². The first kappa shape index (κ1) is 22.0. The molecule has 0 radical (unpaired) electrons. The lowest BCUT2D eigenvalue weighted by atomic mass is 9.67. The quantitative estimate of drug-likeness (QED) is 0.714. The van der Waals surface area contributed by atoms with Gasteiger partial charge in [0.2, 0.25) is 0 Å². The van der Waals surface area contributed by atoms with E-state index in [0.717, 1.165) is 63.8 Å². The van der Waals surface area contributed by atoms with Crippen molar-refractivity contribution < 1.29 is 9.90 Å². The molecule has 3 fully saturated rings. The lowest BCUT2D eigenvalue weighted by Crippen LogP contribution is -2.59. The third-order valence-corrected chi connectivity index (χ3v) is 8.63. The molecule has 4 rings (SSSR count). The standard InChI is InChI=1S/C24H37N3O2S/c1-25(2)24(20-8-5-4-6-9-20)14-12-22(13-15-24)18-26(16-17-30-3)21(28)27(22)19-23(29)10-7-11-23/h4-6,8-9,29H,7,10-19H2,1-3H3/t22-,24+. The molecule has 1 saturated heterocycles. The Kier molecular flexibility index (Phi) is 6.12. The Morgan fingerprint density at radius 1 is 1.07 bits per heavy atom. The van der Waals surface area contributed by atoms with Crippen LogP contribution >= 0.6 is 11.8 Å². The molecule has 0 unspecified atom stereocenters. The van der Waals surface area contributed by atoms with Gasteiger partial charge >= 0.3 is 6.03 Å². The maximum atomic E-state index is 13.4. The van der Waals surface area contributed by atoms with Gasteiger partial charge in [-0.1, -0.05) is 30.3 Å². The molecule has 6 heteroatoms. The summed E-state index contributed by atoms with van der Waals surface area (Å²) in [7, 11) is 4.37. The van der Waals surface area contributed by atoms with Crippen LogP contribution in [0.3, 0.4) is 0 Å². The Labute approximate surface area is 185 Å². The van der Waals surface area contributed by atoms with E-state index in [1.807, 2.05) is 4.90 Å². The molecule has 0 atom stereocenters. The van der Waals surface area contributed by atoms with Crippen molar-refractivity contribution in [1.82, 2.24) is 14.7 Å². The normalized spacial score (nSPS) is 30.9. The molecule has 2 amide bonds. The lowest BCUT2D eigenvalue weighted by molar-refractivity contribution is -0.0725. The minimum atomic E-state index is -0.673. The van der Waals surface area contributed by atoms with Gasteiger partial charge in [0, 0.05) is 24.4 Å². The molecule has 1 aromatic rings. The van der Waals surface area contributed by atoms with Crippen LogP contribution < -0.4 is 0 Å². The zero-order valence-corrected chi connectivity index (χ0v) is 19.6. The predicted molar refractivity (Wildman–Crippen MR) is 124 cm³/mol. The molecule has 2 aliphatic carbocycles. The van der Waals surface area contributed by atoms with E-state index in [2.05, 4.69) is 60.5 Å². The van der Waals surface area contributed by atoms with Crippen molar-refractivity contribution >= 4 is 17.8 Å². The number of carbonyl (C=O) groups is 1. The lowest BCUT2D eigenvalue weighted by Gasteiger charge is -2.52. The predicted octanol–water partition coefficient (Wildman–Crippen LogP) is 3.77. The van der Waals surface area contributed by atoms with Gasteiger partial charge in [0.25, 0.3) is 0 Å². The number of thioether (sulfide) groups is 1. The van der Waals surface area contributed by atoms with E-state index in [0.29, 0.717) is 6.54 Å². The second-order valence-corrected chi connectivity index (χ2v) is 10.9. The zero-order chi connectivity index (χ0) is 21.4. The maximum Gasteiger partial charge on any atom is 0.320 e. The fourth-order valence-corrected chi connectivity index (χ4v) is 6.23. The van der Waals surface area contributed by atoms with Crippen molar-refractivity contribution in [3.8, 4) is 0 Å². The number of hydrogen-bond acceptors (Lipinski definition) is 4. The highest BCUT2D eigenvalue weighted by Gasteiger charge is 2.56. The van der Waals surface area contributed by atoms with Crippen LogP contribution in [-0.4, -0.2) is 82.7 Å². The van der Waals surface area contributed by atoms with E-state index in [1.165, 1.54) is 5.56 Å². The summed E-state index contributed by atoms with van der Waals surface area (Å²) in [6.45, 7) is 2.11. The van der Waals surface area contributed by atoms with Crippen molar-refractivity contribution in [3.63, 3.8) is 0 Å². The van der Waals surface area contributed by atoms with E-state index < -0.39 is 5.60 Å². The van der Waals surface area contributed by atoms with Gasteiger partial charge in [0.1, 0.15) is 0 Å². The van der Waals surface area contributed by atoms with Gasteiger partial charge < -0.3 is 14.9 Å². The second-order valence-electron chi connectivity index (χ2n) is 9.88. The molecular formula is C24H37N3O2S. The molecule has 0 bridgehead atoms. The van der Waals surface area contributed by atoms with Crippen molar-refractivity contribution in [3.05, 3.63) is 35.9 Å². The van der Waals surface area contributed by atoms with Crippen LogP contribution in [0.5, 0.6) is 0 Å². The van der Waals surface area contributed by atoms with Gasteiger partial charge in [0.15, 0.2) is 0 Å². The largest absolute Gasteiger partial charge is 0.388 e. The molecule has 30 heavy (non-hydrogen) atoms. The van der Waals surface area contributed by atoms with Crippen LogP contribution in [0.15, 0.2) is 30.3 Å². The number of hydrogen-bond donors (Lipinski definition) is 1. The topological polar surface area (TPSA) is 47.0 Å². The summed E-state index contributed by atoms with van der Waals surface area (Å²) in [5, 5.41) is 10.9. The summed E-state index contributed by atoms with van der Waals surface area (Å²) in [4.78, 5) is 19.9. The molecule has 1 spiro atoms. The summed E-state index contributed by atoms with van der Waals surface area (Å²) in [6.07, 6.45) is 8.84. The number of benzene rings is 1. The molecule has 2 saturated carbocycles. The number of urea groups is 1. The summed E-state index contributed by atoms with van der Waals surface area (Å²) in [6, 6.07) is 11.0. The number of amides is 2. The van der Waals surface area contributed by atoms with E-state index in [4.69, 9.17) is 0 Å². The van der Waals surface area contributed by atoms with Gasteiger partial charge in [-0.3, -0.25) is 4.90 Å². The average molecular weight is 432 g/mol. The molecule has 166 valence electrons. The molecule has 3 aliphatic rings. The molecule has 1 N–H and O–H groups in total. The van der Waals surface area contributed by atoms with E-state index in [1.54, 1.807) is 11.8 Å². The Hall–Kier alpha value is -1.24. The van der Waals surface area contributed by atoms with Crippen molar-refractivity contribution in [2.24, 2.45) is 0 Å². The van der Waals surface area contributed by atoms with Crippen molar-refractivity contribution in [2.45, 2.75) is 61.6 Å². The Balaban J connectivity index is 1.59. The number of nitrogens with zero attached hydrogens (tertiary/aromatic N) is 3. The Morgan fingerprint density at radius 2 is 1.73 bits per heavy atom. The first-order chi connectivity index (χ1) is 14.3. The minimum absolute atomic E-state index is 0.0152. The third kappa shape index (κ3) is 3.76. The number of rotatable bonds is 7. The first-order valence-corrected chi connectivity index (χ1v) is 12.7. The zero-order valence-electron chi connectivity index (χ0n) is 18.8. The van der Waals surface area contributed by atoms with Gasteiger partial charge in [-0.15, -0.1) is 0 Å². The van der Waals surface area contributed by atoms with Gasteiger partial charge in [-0.05, 0) is 70.9 Å². The maximum absolute atomic E-state index is 13.4. The average Bonchev–Trinajstić information content (AvgIpc) is 2.97. The SMILES string of the molecule is CSCCN1C[C@]2(CC[C@](c3ccccc3)(N(C)C)CC2)N(CC2(O)CCC2)C1=O. The highest BCUT2D eigenvalue weighted by Crippen LogP contribution is 2.50. The molecule has 5 nitrogen and oxygen atoms in total. The summed E-state index contributed by atoms with van der Waals surface area (Å²) >= 11 is 1.79. The smallest absolute Gasteiger partial charge is 0.320 e. The monoisotopic (exact) mass is 431 g/mol. The summed E-state index contributed by atoms with van der Waals surface area (Å²) in [5.41, 5.74) is 0.571. The minimum Gasteiger partial charge on any atom is -0.388 e. The summed E-state index contributed by atoms with van der Waals surface area (Å²) < 4.78 is 0. The van der Waals surface area contributed by atoms with E-state index in [9.17, 15) is 9.90 Å². The van der Waals surface area contributed by atoms with Gasteiger partial charge in [-0.25, -0.2) is 4.79 Å². The molecule has 0 aromatic heterocycles. The number of β-amino-alcohol motifs (C(OH)–C–C–N with tert-alkyl or cyclic N) is 1. The highest BCUT2D eigenvalue weighted by atomic mass is 32.2. The second kappa shape index (κ2) is 8.36. The van der Waals surface area contributed by atoms with E-state index >= 15 is 0 Å². The van der Waals surface area contributed by atoms with Crippen LogP contribution in [-0.2, 0) is 5.54 Å². The van der Waals surface area contributed by atoms with Gasteiger partial charge in [-0.2, -0.15) is 11.8 Å². The number of aliphatic hydroxyl groups is 1. The van der Waals surface area contributed by atoms with Crippen molar-refractivity contribution in [1.29, 1.82) is 0 Å². The van der Waals surface area contributed by atoms with Crippen LogP contribution in [0.4, 0.5) is 4.79 Å². The molecule has 1 heterocycles. The highest BCUT2D eigenvalue weighted by molar-refractivity contribution is 7.98. The number of carbonyl (C=O) groups excluding carboxylic acids is 1. The van der Waals surface area contributed by atoms with Crippen LogP contribution in [0.2, 0.25) is 0 Å². The molecule has 1 aromatic carbocycles. The Bertz CT molecular complexity index is 742. The van der Waals surface area contributed by atoms with Crippen LogP contribution in [0.25, 0.3) is 0 Å². The van der Waals surface area contributed by atoms with Crippen molar-refractivity contribution in [2.75, 3.05) is 45.7 Å².